The summed E-state index contributed by atoms with van der Waals surface area (Å²) in [6, 6.07) is 11.9. The largest absolute Gasteiger partial charge is 0.322 e. The highest BCUT2D eigenvalue weighted by molar-refractivity contribution is 7.97. The maximum absolute atomic E-state index is 13.0. The summed E-state index contributed by atoms with van der Waals surface area (Å²) in [7, 11) is -2.21. The van der Waals surface area contributed by atoms with Gasteiger partial charge in [-0.1, -0.05) is 13.8 Å². The van der Waals surface area contributed by atoms with Crippen LogP contribution in [-0.4, -0.2) is 75.8 Å². The molecule has 190 valence electrons. The van der Waals surface area contributed by atoms with Crippen molar-refractivity contribution in [1.29, 1.82) is 0 Å². The highest BCUT2D eigenvalue weighted by Gasteiger charge is 2.21. The smallest absolute Gasteiger partial charge is 0.257 e. The molecule has 1 fully saturated rings. The van der Waals surface area contributed by atoms with Crippen LogP contribution in [0.5, 0.6) is 0 Å². The third-order valence-corrected chi connectivity index (χ3v) is 8.24. The molecule has 0 aromatic heterocycles. The summed E-state index contributed by atoms with van der Waals surface area (Å²) in [5.74, 6) is 0.236. The fourth-order valence-electron chi connectivity index (χ4n) is 3.69. The molecule has 1 heterocycles. The van der Waals surface area contributed by atoms with E-state index in [0.717, 1.165) is 54.1 Å². The van der Waals surface area contributed by atoms with Gasteiger partial charge in [0.2, 0.25) is 10.0 Å². The number of hydrogen-bond acceptors (Lipinski definition) is 7. The van der Waals surface area contributed by atoms with E-state index in [4.69, 9.17) is 0 Å². The first-order valence-electron chi connectivity index (χ1n) is 11.7. The molecule has 0 saturated carbocycles. The van der Waals surface area contributed by atoms with Crippen molar-refractivity contribution >= 4 is 45.5 Å². The Balaban J connectivity index is 1.62. The topological polar surface area (TPSA) is 90.0 Å². The molecule has 0 radical (unpaired) electrons. The van der Waals surface area contributed by atoms with Crippen molar-refractivity contribution in [2.75, 3.05) is 55.6 Å². The minimum atomic E-state index is -3.58. The number of carbonyl (C=O) groups excluding carboxylic acids is 2. The zero-order valence-corrected chi connectivity index (χ0v) is 22.4. The first-order chi connectivity index (χ1) is 16.6. The molecule has 1 aliphatic rings. The highest BCUT2D eigenvalue weighted by atomic mass is 32.2. The number of amides is 1. The lowest BCUT2D eigenvalue weighted by molar-refractivity contribution is 0.102. The van der Waals surface area contributed by atoms with E-state index in [1.54, 1.807) is 11.9 Å². The molecule has 1 saturated heterocycles. The highest BCUT2D eigenvalue weighted by Crippen LogP contribution is 2.27. The van der Waals surface area contributed by atoms with Crippen molar-refractivity contribution in [3.8, 4) is 0 Å². The molecule has 1 aliphatic heterocycles. The molecule has 0 spiro atoms. The maximum Gasteiger partial charge on any atom is 0.257 e. The molecule has 8 nitrogen and oxygen atoms in total. The van der Waals surface area contributed by atoms with Crippen LogP contribution < -0.4 is 9.62 Å². The van der Waals surface area contributed by atoms with Gasteiger partial charge in [-0.15, -0.1) is 0 Å². The molecular weight excluding hydrogens is 484 g/mol. The number of piperazine rings is 1. The Bertz CT molecular complexity index is 1130. The quantitative estimate of drug-likeness (QED) is 0.378. The molecule has 2 aromatic carbocycles. The minimum Gasteiger partial charge on any atom is -0.322 e. The van der Waals surface area contributed by atoms with Crippen molar-refractivity contribution < 1.29 is 18.0 Å². The van der Waals surface area contributed by atoms with Crippen LogP contribution in [-0.2, 0) is 10.0 Å². The number of sulfonamides is 1. The lowest BCUT2D eigenvalue weighted by atomic mass is 10.1. The predicted molar refractivity (Wildman–Crippen MR) is 143 cm³/mol. The Hall–Kier alpha value is -2.40. The number of benzene rings is 2. The van der Waals surface area contributed by atoms with Crippen LogP contribution >= 0.6 is 11.9 Å². The molecule has 10 heteroatoms. The number of aldehydes is 1. The van der Waals surface area contributed by atoms with Crippen LogP contribution in [0.3, 0.4) is 0 Å². The summed E-state index contributed by atoms with van der Waals surface area (Å²) >= 11 is 1.71. The van der Waals surface area contributed by atoms with E-state index in [0.29, 0.717) is 12.0 Å². The third-order valence-electron chi connectivity index (χ3n) is 5.94. The molecular formula is C25H34N4O4S2. The second-order valence-electron chi connectivity index (χ2n) is 9.15. The lowest BCUT2D eigenvalue weighted by Crippen LogP contribution is -2.43. The minimum absolute atomic E-state index is 0.108. The summed E-state index contributed by atoms with van der Waals surface area (Å²) < 4.78 is 27.4. The predicted octanol–water partition coefficient (Wildman–Crippen LogP) is 3.82. The first kappa shape index (κ1) is 27.2. The number of nitrogens with one attached hydrogen (secondary N) is 1. The van der Waals surface area contributed by atoms with Crippen molar-refractivity contribution in [2.45, 2.75) is 25.2 Å². The van der Waals surface area contributed by atoms with Gasteiger partial charge in [0.1, 0.15) is 6.29 Å². The molecule has 2 aromatic rings. The zero-order chi connectivity index (χ0) is 25.6. The number of hydrogen-bond donors (Lipinski definition) is 1. The average Bonchev–Trinajstić information content (AvgIpc) is 2.83. The summed E-state index contributed by atoms with van der Waals surface area (Å²) in [5.41, 5.74) is 1.19. The number of carbonyl (C=O) groups is 2. The molecule has 35 heavy (non-hydrogen) atoms. The lowest BCUT2D eigenvalue weighted by Gasteiger charge is -2.34. The molecule has 0 unspecified atom stereocenters. The second-order valence-corrected chi connectivity index (χ2v) is 12.3. The zero-order valence-electron chi connectivity index (χ0n) is 20.7. The van der Waals surface area contributed by atoms with E-state index in [-0.39, 0.29) is 16.8 Å². The van der Waals surface area contributed by atoms with Gasteiger partial charge in [-0.25, -0.2) is 12.7 Å². The maximum atomic E-state index is 13.0. The third kappa shape index (κ3) is 7.79. The number of rotatable bonds is 10. The standard InChI is InChI=1S/C25H34N4O4S2/c1-19(2)11-12-28-13-15-29(16-14-28)34-22-8-6-21(7-9-22)26-25(31)23-17-20(18-30)5-10-24(23)27(3)35(4,32)33/h5-10,17-19H,11-16H2,1-4H3,(H,26,31). The summed E-state index contributed by atoms with van der Waals surface area (Å²) in [5, 5.41) is 2.81. The van der Waals surface area contributed by atoms with Gasteiger partial charge in [-0.3, -0.25) is 13.9 Å². The molecule has 0 bridgehead atoms. The SMILES string of the molecule is CC(C)CCN1CCN(Sc2ccc(NC(=O)c3cc(C=O)ccc3N(C)S(C)(=O)=O)cc2)CC1. The first-order valence-corrected chi connectivity index (χ1v) is 14.3. The Morgan fingerprint density at radius 3 is 2.34 bits per heavy atom. The Labute approximate surface area is 212 Å². The molecule has 0 aliphatic carbocycles. The average molecular weight is 519 g/mol. The van der Waals surface area contributed by atoms with E-state index < -0.39 is 15.9 Å². The monoisotopic (exact) mass is 518 g/mol. The van der Waals surface area contributed by atoms with Crippen molar-refractivity contribution in [3.63, 3.8) is 0 Å². The summed E-state index contributed by atoms with van der Waals surface area (Å²) in [6.45, 7) is 9.81. The summed E-state index contributed by atoms with van der Waals surface area (Å²) in [6.07, 6.45) is 2.91. The van der Waals surface area contributed by atoms with Crippen LogP contribution in [0, 0.1) is 5.92 Å². The van der Waals surface area contributed by atoms with Crippen LogP contribution in [0.4, 0.5) is 11.4 Å². The van der Waals surface area contributed by atoms with Gasteiger partial charge in [0.05, 0.1) is 17.5 Å². The number of nitrogens with zero attached hydrogens (tertiary/aromatic N) is 3. The van der Waals surface area contributed by atoms with Crippen LogP contribution in [0.2, 0.25) is 0 Å². The molecule has 1 N–H and O–H groups in total. The molecule has 3 rings (SSSR count). The van der Waals surface area contributed by atoms with E-state index in [2.05, 4.69) is 28.4 Å². The fraction of sp³-hybridized carbons (Fsp3) is 0.440. The van der Waals surface area contributed by atoms with Crippen LogP contribution in [0.25, 0.3) is 0 Å². The normalized spacial score (nSPS) is 15.2. The molecule has 0 atom stereocenters. The Morgan fingerprint density at radius 1 is 1.11 bits per heavy atom. The second kappa shape index (κ2) is 12.0. The van der Waals surface area contributed by atoms with E-state index in [9.17, 15) is 18.0 Å². The van der Waals surface area contributed by atoms with Gasteiger partial charge in [0, 0.05) is 49.4 Å². The summed E-state index contributed by atoms with van der Waals surface area (Å²) in [4.78, 5) is 27.8. The fourth-order valence-corrected chi connectivity index (χ4v) is 5.11. The van der Waals surface area contributed by atoms with Gasteiger partial charge in [0.25, 0.3) is 5.91 Å². The van der Waals surface area contributed by atoms with Crippen molar-refractivity contribution in [3.05, 3.63) is 53.6 Å². The Morgan fingerprint density at radius 2 is 1.77 bits per heavy atom. The molecule has 1 amide bonds. The van der Waals surface area contributed by atoms with Gasteiger partial charge < -0.3 is 10.2 Å². The van der Waals surface area contributed by atoms with Gasteiger partial charge in [-0.2, -0.15) is 0 Å². The number of anilines is 2. The van der Waals surface area contributed by atoms with Gasteiger partial charge in [0.15, 0.2) is 0 Å². The van der Waals surface area contributed by atoms with Gasteiger partial charge >= 0.3 is 0 Å². The van der Waals surface area contributed by atoms with Crippen LogP contribution in [0.1, 0.15) is 41.0 Å². The van der Waals surface area contributed by atoms with E-state index in [1.807, 2.05) is 24.3 Å². The van der Waals surface area contributed by atoms with Crippen molar-refractivity contribution in [1.82, 2.24) is 9.21 Å². The van der Waals surface area contributed by atoms with Gasteiger partial charge in [-0.05, 0) is 73.3 Å². The van der Waals surface area contributed by atoms with E-state index >= 15 is 0 Å². The Kier molecular flexibility index (Phi) is 9.34. The van der Waals surface area contributed by atoms with Crippen molar-refractivity contribution in [2.24, 2.45) is 5.92 Å². The van der Waals surface area contributed by atoms with Crippen LogP contribution in [0.15, 0.2) is 47.4 Å². The van der Waals surface area contributed by atoms with E-state index in [1.165, 1.54) is 31.7 Å².